The molecule has 0 unspecified atom stereocenters. The van der Waals surface area contributed by atoms with E-state index in [9.17, 15) is 0 Å². The van der Waals surface area contributed by atoms with E-state index >= 15 is 0 Å². The van der Waals surface area contributed by atoms with Crippen molar-refractivity contribution in [2.24, 2.45) is 0 Å². The first kappa shape index (κ1) is 19.0. The molecule has 0 spiro atoms. The van der Waals surface area contributed by atoms with Gasteiger partial charge in [0, 0.05) is 57.6 Å². The fourth-order valence-corrected chi connectivity index (χ4v) is 3.61. The minimum Gasteiger partial charge on any atom is -0.492 e. The van der Waals surface area contributed by atoms with Crippen molar-refractivity contribution in [3.63, 3.8) is 0 Å². The molecule has 0 radical (unpaired) electrons. The molecule has 0 amide bonds. The summed E-state index contributed by atoms with van der Waals surface area (Å²) in [5.41, 5.74) is 1.02. The average molecular weight is 383 g/mol. The second kappa shape index (κ2) is 9.21. The molecule has 2 aliphatic heterocycles. The molecule has 4 rings (SSSR count). The number of benzene rings is 1. The van der Waals surface area contributed by atoms with Gasteiger partial charge in [0.2, 0.25) is 5.95 Å². The van der Waals surface area contributed by atoms with E-state index in [-0.39, 0.29) is 0 Å². The lowest BCUT2D eigenvalue weighted by Gasteiger charge is -2.36. The largest absolute Gasteiger partial charge is 0.492 e. The summed E-state index contributed by atoms with van der Waals surface area (Å²) < 4.78 is 11.3. The maximum absolute atomic E-state index is 5.83. The average Bonchev–Trinajstić information content (AvgIpc) is 2.75. The lowest BCUT2D eigenvalue weighted by atomic mass is 10.3. The Kier molecular flexibility index (Phi) is 6.24. The molecule has 1 aromatic heterocycles. The molecule has 1 aromatic carbocycles. The molecule has 2 saturated heterocycles. The first-order chi connectivity index (χ1) is 13.8. The summed E-state index contributed by atoms with van der Waals surface area (Å²) in [6.07, 6.45) is 0. The second-order valence-corrected chi connectivity index (χ2v) is 7.26. The lowest BCUT2D eigenvalue weighted by Crippen LogP contribution is -2.48. The molecule has 28 heavy (non-hydrogen) atoms. The van der Waals surface area contributed by atoms with Crippen LogP contribution in [0.4, 0.5) is 11.8 Å². The summed E-state index contributed by atoms with van der Waals surface area (Å²) in [6, 6.07) is 12.1. The molecule has 150 valence electrons. The predicted octanol–water partition coefficient (Wildman–Crippen LogP) is 1.82. The van der Waals surface area contributed by atoms with E-state index in [1.807, 2.05) is 37.3 Å². The molecule has 3 heterocycles. The fourth-order valence-electron chi connectivity index (χ4n) is 3.61. The van der Waals surface area contributed by atoms with E-state index in [0.717, 1.165) is 88.8 Å². The van der Waals surface area contributed by atoms with Gasteiger partial charge in [-0.05, 0) is 19.1 Å². The summed E-state index contributed by atoms with van der Waals surface area (Å²) in [7, 11) is 0. The van der Waals surface area contributed by atoms with Gasteiger partial charge < -0.3 is 19.3 Å². The number of aryl methyl sites for hydroxylation is 1. The number of aromatic nitrogens is 2. The van der Waals surface area contributed by atoms with Crippen LogP contribution in [-0.2, 0) is 4.74 Å². The van der Waals surface area contributed by atoms with Gasteiger partial charge >= 0.3 is 0 Å². The molecular formula is C21H29N5O2. The van der Waals surface area contributed by atoms with Crippen molar-refractivity contribution in [3.05, 3.63) is 42.1 Å². The molecule has 7 heteroatoms. The number of ether oxygens (including phenoxy) is 2. The van der Waals surface area contributed by atoms with Crippen molar-refractivity contribution in [2.45, 2.75) is 6.92 Å². The maximum Gasteiger partial charge on any atom is 0.227 e. The number of piperazine rings is 1. The molecule has 0 saturated carbocycles. The summed E-state index contributed by atoms with van der Waals surface area (Å²) >= 11 is 0. The number of hydrogen-bond donors (Lipinski definition) is 0. The highest BCUT2D eigenvalue weighted by atomic mass is 16.5. The van der Waals surface area contributed by atoms with Gasteiger partial charge in [-0.15, -0.1) is 0 Å². The van der Waals surface area contributed by atoms with Gasteiger partial charge in [-0.25, -0.2) is 4.98 Å². The fraction of sp³-hybridized carbons (Fsp3) is 0.524. The van der Waals surface area contributed by atoms with Crippen molar-refractivity contribution in [2.75, 3.05) is 75.4 Å². The topological polar surface area (TPSA) is 54.0 Å². The summed E-state index contributed by atoms with van der Waals surface area (Å²) in [4.78, 5) is 16.5. The third kappa shape index (κ3) is 4.91. The zero-order chi connectivity index (χ0) is 19.2. The Balaban J connectivity index is 1.29. The number of para-hydroxylation sites is 1. The van der Waals surface area contributed by atoms with Crippen LogP contribution in [0.25, 0.3) is 0 Å². The van der Waals surface area contributed by atoms with Crippen molar-refractivity contribution in [3.8, 4) is 5.75 Å². The van der Waals surface area contributed by atoms with Crippen LogP contribution in [0.3, 0.4) is 0 Å². The zero-order valence-corrected chi connectivity index (χ0v) is 16.6. The SMILES string of the molecule is Cc1cc(N2CCN(CCOc3ccccc3)CC2)nc(N2CCOCC2)n1. The second-order valence-electron chi connectivity index (χ2n) is 7.26. The van der Waals surface area contributed by atoms with Crippen LogP contribution < -0.4 is 14.5 Å². The van der Waals surface area contributed by atoms with Crippen molar-refractivity contribution >= 4 is 11.8 Å². The first-order valence-electron chi connectivity index (χ1n) is 10.1. The number of rotatable bonds is 6. The maximum atomic E-state index is 5.83. The van der Waals surface area contributed by atoms with Crippen molar-refractivity contribution < 1.29 is 9.47 Å². The van der Waals surface area contributed by atoms with Crippen LogP contribution >= 0.6 is 0 Å². The molecule has 0 aliphatic carbocycles. The number of anilines is 2. The highest BCUT2D eigenvalue weighted by Gasteiger charge is 2.21. The first-order valence-corrected chi connectivity index (χ1v) is 10.1. The monoisotopic (exact) mass is 383 g/mol. The summed E-state index contributed by atoms with van der Waals surface area (Å²) in [5.74, 6) is 2.81. The van der Waals surface area contributed by atoms with Gasteiger partial charge in [-0.3, -0.25) is 4.90 Å². The smallest absolute Gasteiger partial charge is 0.227 e. The molecule has 0 atom stereocenters. The Morgan fingerprint density at radius 2 is 1.68 bits per heavy atom. The number of morpholine rings is 1. The van der Waals surface area contributed by atoms with E-state index in [2.05, 4.69) is 25.8 Å². The van der Waals surface area contributed by atoms with Crippen LogP contribution in [-0.4, -0.2) is 80.5 Å². The Bertz CT molecular complexity index is 744. The molecule has 2 aromatic rings. The minimum absolute atomic E-state index is 0.720. The van der Waals surface area contributed by atoms with E-state index in [1.165, 1.54) is 0 Å². The normalized spacial score (nSPS) is 18.3. The molecule has 0 bridgehead atoms. The third-order valence-electron chi connectivity index (χ3n) is 5.24. The molecule has 0 N–H and O–H groups in total. The van der Waals surface area contributed by atoms with Gasteiger partial charge in [0.15, 0.2) is 0 Å². The predicted molar refractivity (Wildman–Crippen MR) is 110 cm³/mol. The Labute approximate surface area is 166 Å². The van der Waals surface area contributed by atoms with Crippen LogP contribution in [0.15, 0.2) is 36.4 Å². The van der Waals surface area contributed by atoms with Gasteiger partial charge in [-0.1, -0.05) is 18.2 Å². The molecular weight excluding hydrogens is 354 g/mol. The van der Waals surface area contributed by atoms with Crippen LogP contribution in [0, 0.1) is 6.92 Å². The van der Waals surface area contributed by atoms with Crippen LogP contribution in [0.5, 0.6) is 5.75 Å². The Hall–Kier alpha value is -2.38. The molecule has 2 fully saturated rings. The van der Waals surface area contributed by atoms with Gasteiger partial charge in [0.25, 0.3) is 0 Å². The lowest BCUT2D eigenvalue weighted by molar-refractivity contribution is 0.122. The highest BCUT2D eigenvalue weighted by molar-refractivity contribution is 5.46. The van der Waals surface area contributed by atoms with E-state index < -0.39 is 0 Å². The Morgan fingerprint density at radius 3 is 2.43 bits per heavy atom. The minimum atomic E-state index is 0.720. The quantitative estimate of drug-likeness (QED) is 0.754. The Morgan fingerprint density at radius 1 is 0.929 bits per heavy atom. The number of hydrogen-bond acceptors (Lipinski definition) is 7. The zero-order valence-electron chi connectivity index (χ0n) is 16.6. The van der Waals surface area contributed by atoms with E-state index in [1.54, 1.807) is 0 Å². The third-order valence-corrected chi connectivity index (χ3v) is 5.24. The van der Waals surface area contributed by atoms with Crippen LogP contribution in [0.2, 0.25) is 0 Å². The molecule has 7 nitrogen and oxygen atoms in total. The summed E-state index contributed by atoms with van der Waals surface area (Å²) in [5, 5.41) is 0. The standard InChI is InChI=1S/C21H29N5O2/c1-18-17-20(23-21(22-18)26-12-14-27-15-13-26)25-9-7-24(8-10-25)11-16-28-19-5-3-2-4-6-19/h2-6,17H,7-16H2,1H3. The number of nitrogens with zero attached hydrogens (tertiary/aromatic N) is 5. The van der Waals surface area contributed by atoms with Gasteiger partial charge in [0.05, 0.1) is 13.2 Å². The summed E-state index contributed by atoms with van der Waals surface area (Å²) in [6.45, 7) is 10.9. The highest BCUT2D eigenvalue weighted by Crippen LogP contribution is 2.20. The van der Waals surface area contributed by atoms with Gasteiger partial charge in [-0.2, -0.15) is 4.98 Å². The van der Waals surface area contributed by atoms with E-state index in [4.69, 9.17) is 14.5 Å². The molecule has 2 aliphatic rings. The van der Waals surface area contributed by atoms with Crippen molar-refractivity contribution in [1.82, 2.24) is 14.9 Å². The van der Waals surface area contributed by atoms with Crippen molar-refractivity contribution in [1.29, 1.82) is 0 Å². The van der Waals surface area contributed by atoms with E-state index in [0.29, 0.717) is 0 Å². The van der Waals surface area contributed by atoms with Gasteiger partial charge in [0.1, 0.15) is 18.2 Å². The van der Waals surface area contributed by atoms with Crippen LogP contribution in [0.1, 0.15) is 5.69 Å².